The lowest BCUT2D eigenvalue weighted by Gasteiger charge is -2.27. The van der Waals surface area contributed by atoms with Crippen molar-refractivity contribution in [1.82, 2.24) is 0 Å². The minimum atomic E-state index is -0.0798. The molecule has 0 bridgehead atoms. The molecule has 0 unspecified atom stereocenters. The van der Waals surface area contributed by atoms with Crippen molar-refractivity contribution in [3.63, 3.8) is 0 Å². The summed E-state index contributed by atoms with van der Waals surface area (Å²) in [6.45, 7) is 4.70. The van der Waals surface area contributed by atoms with Crippen LogP contribution in [0.5, 0.6) is 0 Å². The van der Waals surface area contributed by atoms with Crippen molar-refractivity contribution in [1.29, 1.82) is 0 Å². The van der Waals surface area contributed by atoms with Crippen LogP contribution in [0, 0.1) is 0 Å². The Balaban J connectivity index is 1.06. The van der Waals surface area contributed by atoms with E-state index in [2.05, 4.69) is 225 Å². The van der Waals surface area contributed by atoms with E-state index in [0.717, 1.165) is 50.1 Å². The van der Waals surface area contributed by atoms with Crippen molar-refractivity contribution in [3.05, 3.63) is 223 Å². The van der Waals surface area contributed by atoms with E-state index in [4.69, 9.17) is 4.42 Å². The van der Waals surface area contributed by atoms with Crippen molar-refractivity contribution in [3.8, 4) is 44.5 Å². The van der Waals surface area contributed by atoms with Gasteiger partial charge in [-0.05, 0) is 126 Å². The zero-order chi connectivity index (χ0) is 40.7. The third-order valence-corrected chi connectivity index (χ3v) is 13.0. The molecule has 1 heterocycles. The first-order valence-electron chi connectivity index (χ1n) is 21.2. The van der Waals surface area contributed by atoms with Gasteiger partial charge in [0, 0.05) is 33.2 Å². The van der Waals surface area contributed by atoms with Gasteiger partial charge in [-0.1, -0.05) is 178 Å². The van der Waals surface area contributed by atoms with Gasteiger partial charge in [0.25, 0.3) is 0 Å². The second-order valence-electron chi connectivity index (χ2n) is 16.8. The molecule has 2 nitrogen and oxygen atoms in total. The summed E-state index contributed by atoms with van der Waals surface area (Å²) in [6.07, 6.45) is 0. The third-order valence-electron chi connectivity index (χ3n) is 13.0. The first-order chi connectivity index (χ1) is 30.0. The van der Waals surface area contributed by atoms with Crippen LogP contribution in [0.25, 0.3) is 88.0 Å². The van der Waals surface area contributed by atoms with E-state index < -0.39 is 0 Å². The van der Waals surface area contributed by atoms with Crippen molar-refractivity contribution in [2.45, 2.75) is 19.3 Å². The number of fused-ring (bicyclic) bond motifs is 9. The average molecular weight is 780 g/mol. The van der Waals surface area contributed by atoms with E-state index >= 15 is 0 Å². The molecule has 12 rings (SSSR count). The van der Waals surface area contributed by atoms with Crippen LogP contribution in [0.2, 0.25) is 0 Å². The summed E-state index contributed by atoms with van der Waals surface area (Å²) in [6, 6.07) is 77.5. The van der Waals surface area contributed by atoms with E-state index in [-0.39, 0.29) is 5.41 Å². The highest BCUT2D eigenvalue weighted by Crippen LogP contribution is 2.52. The standard InChI is InChI=1S/C59H41NO/c1-59(2)53-29-7-5-23-51(53)57-47(26-13-30-54(57)59)40-17-10-20-43(36-40)60(44-21-11-18-41(37-44)48-27-14-32-56-58(48)52-24-6-8-31-55(52)61-56)42-19-9-16-39(35-42)46-25-12-28-49-45-22-4-3-15-38(45)33-34-50(46)49/h3-37H,1-2H3. The molecule has 10 aromatic carbocycles. The summed E-state index contributed by atoms with van der Waals surface area (Å²) in [7, 11) is 0. The lowest BCUT2D eigenvalue weighted by molar-refractivity contribution is 0.660. The number of benzene rings is 10. The highest BCUT2D eigenvalue weighted by Gasteiger charge is 2.36. The highest BCUT2D eigenvalue weighted by molar-refractivity contribution is 6.13. The first kappa shape index (κ1) is 35.3. The minimum Gasteiger partial charge on any atom is -0.456 e. The van der Waals surface area contributed by atoms with Gasteiger partial charge < -0.3 is 9.32 Å². The quantitative estimate of drug-likeness (QED) is 0.156. The van der Waals surface area contributed by atoms with Crippen LogP contribution < -0.4 is 4.90 Å². The Hall–Kier alpha value is -7.68. The van der Waals surface area contributed by atoms with Gasteiger partial charge >= 0.3 is 0 Å². The molecule has 1 aliphatic rings. The maximum absolute atomic E-state index is 6.35. The van der Waals surface area contributed by atoms with Crippen LogP contribution in [0.3, 0.4) is 0 Å². The SMILES string of the molecule is CC1(C)c2ccccc2-c2c(-c3cccc(N(c4cccc(-c5cccc6c5ccc5ccccc56)c4)c4cccc(-c5cccc6oc7ccccc7c56)c4)c3)cccc21. The Labute approximate surface area is 355 Å². The van der Waals surface area contributed by atoms with Crippen LogP contribution in [0.4, 0.5) is 17.1 Å². The lowest BCUT2D eigenvalue weighted by Crippen LogP contribution is -2.14. The monoisotopic (exact) mass is 779 g/mol. The summed E-state index contributed by atoms with van der Waals surface area (Å²) in [4.78, 5) is 2.42. The summed E-state index contributed by atoms with van der Waals surface area (Å²) in [5, 5.41) is 7.29. The molecule has 61 heavy (non-hydrogen) atoms. The molecule has 0 fully saturated rings. The Kier molecular flexibility index (Phi) is 7.92. The highest BCUT2D eigenvalue weighted by atomic mass is 16.3. The van der Waals surface area contributed by atoms with Gasteiger partial charge in [-0.3, -0.25) is 0 Å². The number of para-hydroxylation sites is 1. The average Bonchev–Trinajstić information content (AvgIpc) is 3.81. The molecule has 11 aromatic rings. The molecule has 0 atom stereocenters. The first-order valence-corrected chi connectivity index (χ1v) is 21.2. The number of furan rings is 1. The normalized spacial score (nSPS) is 12.9. The van der Waals surface area contributed by atoms with Crippen LogP contribution in [0.1, 0.15) is 25.0 Å². The van der Waals surface area contributed by atoms with E-state index in [9.17, 15) is 0 Å². The summed E-state index contributed by atoms with van der Waals surface area (Å²) in [5.74, 6) is 0. The minimum absolute atomic E-state index is 0.0798. The van der Waals surface area contributed by atoms with Gasteiger partial charge in [-0.25, -0.2) is 0 Å². The molecule has 1 aromatic heterocycles. The van der Waals surface area contributed by atoms with E-state index in [1.165, 1.54) is 66.1 Å². The molecule has 1 aliphatic carbocycles. The zero-order valence-electron chi connectivity index (χ0n) is 34.1. The molecule has 288 valence electrons. The Morgan fingerprint density at radius 2 is 0.885 bits per heavy atom. The molecule has 0 saturated heterocycles. The Morgan fingerprint density at radius 1 is 0.361 bits per heavy atom. The number of hydrogen-bond donors (Lipinski definition) is 0. The fourth-order valence-corrected chi connectivity index (χ4v) is 10.2. The Morgan fingerprint density at radius 3 is 1.67 bits per heavy atom. The smallest absolute Gasteiger partial charge is 0.136 e. The van der Waals surface area contributed by atoms with Crippen molar-refractivity contribution in [2.75, 3.05) is 4.90 Å². The van der Waals surface area contributed by atoms with Gasteiger partial charge in [0.15, 0.2) is 0 Å². The molecule has 0 saturated carbocycles. The number of rotatable bonds is 6. The van der Waals surface area contributed by atoms with Crippen LogP contribution in [-0.2, 0) is 5.41 Å². The number of anilines is 3. The largest absolute Gasteiger partial charge is 0.456 e. The summed E-state index contributed by atoms with van der Waals surface area (Å²) in [5.41, 5.74) is 17.5. The molecular formula is C59H41NO. The molecule has 2 heteroatoms. The maximum Gasteiger partial charge on any atom is 0.136 e. The lowest BCUT2D eigenvalue weighted by atomic mass is 9.82. The predicted molar refractivity (Wildman–Crippen MR) is 257 cm³/mol. The van der Waals surface area contributed by atoms with Gasteiger partial charge in [-0.15, -0.1) is 0 Å². The molecule has 0 amide bonds. The van der Waals surface area contributed by atoms with E-state index in [0.29, 0.717) is 0 Å². The van der Waals surface area contributed by atoms with Crippen molar-refractivity contribution >= 4 is 60.5 Å². The zero-order valence-corrected chi connectivity index (χ0v) is 34.1. The van der Waals surface area contributed by atoms with E-state index in [1.54, 1.807) is 0 Å². The molecule has 0 radical (unpaired) electrons. The molecule has 0 spiro atoms. The third kappa shape index (κ3) is 5.56. The topological polar surface area (TPSA) is 16.4 Å². The maximum atomic E-state index is 6.35. The molecular weight excluding hydrogens is 739 g/mol. The van der Waals surface area contributed by atoms with Gasteiger partial charge in [-0.2, -0.15) is 0 Å². The second kappa shape index (κ2) is 13.7. The molecule has 0 aliphatic heterocycles. The fourth-order valence-electron chi connectivity index (χ4n) is 10.2. The van der Waals surface area contributed by atoms with Gasteiger partial charge in [0.1, 0.15) is 11.2 Å². The van der Waals surface area contributed by atoms with Crippen LogP contribution in [-0.4, -0.2) is 0 Å². The summed E-state index contributed by atoms with van der Waals surface area (Å²) >= 11 is 0. The van der Waals surface area contributed by atoms with Crippen LogP contribution in [0.15, 0.2) is 217 Å². The number of nitrogens with zero attached hydrogens (tertiary/aromatic N) is 1. The van der Waals surface area contributed by atoms with Crippen LogP contribution >= 0.6 is 0 Å². The van der Waals surface area contributed by atoms with E-state index in [1.807, 2.05) is 6.07 Å². The van der Waals surface area contributed by atoms with Crippen molar-refractivity contribution in [2.24, 2.45) is 0 Å². The predicted octanol–water partition coefficient (Wildman–Crippen LogP) is 16.7. The number of hydrogen-bond acceptors (Lipinski definition) is 2. The summed E-state index contributed by atoms with van der Waals surface area (Å²) < 4.78 is 6.35. The Bertz CT molecular complexity index is 3530. The fraction of sp³-hybridized carbons (Fsp3) is 0.0508. The van der Waals surface area contributed by atoms with Crippen molar-refractivity contribution < 1.29 is 4.42 Å². The second-order valence-corrected chi connectivity index (χ2v) is 16.8. The van der Waals surface area contributed by atoms with Gasteiger partial charge in [0.2, 0.25) is 0 Å². The van der Waals surface area contributed by atoms with Gasteiger partial charge in [0.05, 0.1) is 0 Å². The molecule has 0 N–H and O–H groups in total.